The number of rotatable bonds is 6. The van der Waals surface area contributed by atoms with Crippen LogP contribution in [0.5, 0.6) is 0 Å². The van der Waals surface area contributed by atoms with E-state index in [1.807, 2.05) is 11.8 Å². The number of nitrogens with zero attached hydrogens (tertiary/aromatic N) is 1. The van der Waals surface area contributed by atoms with Crippen LogP contribution < -0.4 is 10.6 Å². The van der Waals surface area contributed by atoms with Crippen molar-refractivity contribution in [3.05, 3.63) is 23.8 Å². The van der Waals surface area contributed by atoms with Gasteiger partial charge in [0.2, 0.25) is 0 Å². The normalized spacial score (nSPS) is 10.9. The Morgan fingerprint density at radius 3 is 2.47 bits per heavy atom. The zero-order valence-electron chi connectivity index (χ0n) is 11.4. The van der Waals surface area contributed by atoms with Gasteiger partial charge in [0.15, 0.2) is 0 Å². The van der Waals surface area contributed by atoms with Crippen LogP contribution in [0.25, 0.3) is 0 Å². The van der Waals surface area contributed by atoms with Gasteiger partial charge in [-0.1, -0.05) is 13.0 Å². The number of nitrogens with two attached hydrogens (primary N) is 1. The molecule has 0 heterocycles. The number of hydrogen-bond donors (Lipinski definition) is 1. The summed E-state index contributed by atoms with van der Waals surface area (Å²) in [5.74, 6) is 1.09. The summed E-state index contributed by atoms with van der Waals surface area (Å²) in [4.78, 5) is 3.73. The lowest BCUT2D eigenvalue weighted by Gasteiger charge is -2.30. The second kappa shape index (κ2) is 6.92. The van der Waals surface area contributed by atoms with Gasteiger partial charge in [-0.3, -0.25) is 0 Å². The van der Waals surface area contributed by atoms with E-state index >= 15 is 0 Å². The Kier molecular flexibility index (Phi) is 5.86. The van der Waals surface area contributed by atoms with Crippen LogP contribution in [0.15, 0.2) is 23.1 Å². The summed E-state index contributed by atoms with van der Waals surface area (Å²) in [5.41, 5.74) is 8.52. The van der Waals surface area contributed by atoms with E-state index in [9.17, 15) is 0 Å². The molecule has 1 rings (SSSR count). The van der Waals surface area contributed by atoms with Crippen LogP contribution in [0, 0.1) is 0 Å². The van der Waals surface area contributed by atoms with E-state index < -0.39 is 0 Å². The minimum atomic E-state index is 0.507. The zero-order chi connectivity index (χ0) is 12.8. The first kappa shape index (κ1) is 14.4. The highest BCUT2D eigenvalue weighted by Crippen LogP contribution is 2.31. The molecule has 0 spiro atoms. The minimum absolute atomic E-state index is 0.507. The SMILES string of the molecule is CCSc1cccc(N(CC)C(C)C)c1CN. The second-order valence-corrected chi connectivity index (χ2v) is 5.58. The molecular weight excluding hydrogens is 228 g/mol. The smallest absolute Gasteiger partial charge is 0.0425 e. The quantitative estimate of drug-likeness (QED) is 0.786. The molecule has 0 aliphatic heterocycles. The average Bonchev–Trinajstić information content (AvgIpc) is 2.30. The number of thioether (sulfide) groups is 1. The van der Waals surface area contributed by atoms with Crippen LogP contribution in [-0.4, -0.2) is 18.3 Å². The molecule has 2 N–H and O–H groups in total. The second-order valence-electron chi connectivity index (χ2n) is 4.27. The molecule has 1 aromatic rings. The summed E-state index contributed by atoms with van der Waals surface area (Å²) in [6.07, 6.45) is 0. The van der Waals surface area contributed by atoms with E-state index in [2.05, 4.69) is 50.8 Å². The van der Waals surface area contributed by atoms with Crippen LogP contribution in [-0.2, 0) is 6.54 Å². The Balaban J connectivity index is 3.17. The molecule has 2 nitrogen and oxygen atoms in total. The van der Waals surface area contributed by atoms with Crippen molar-refractivity contribution in [2.75, 3.05) is 17.2 Å². The topological polar surface area (TPSA) is 29.3 Å². The Morgan fingerprint density at radius 2 is 2.00 bits per heavy atom. The van der Waals surface area contributed by atoms with E-state index in [1.165, 1.54) is 16.1 Å². The van der Waals surface area contributed by atoms with Gasteiger partial charge in [-0.25, -0.2) is 0 Å². The van der Waals surface area contributed by atoms with Gasteiger partial charge in [-0.2, -0.15) is 0 Å². The molecule has 0 saturated carbocycles. The number of benzene rings is 1. The van der Waals surface area contributed by atoms with Crippen molar-refractivity contribution in [1.82, 2.24) is 0 Å². The van der Waals surface area contributed by atoms with E-state index in [1.54, 1.807) is 0 Å². The molecule has 0 saturated heterocycles. The monoisotopic (exact) mass is 252 g/mol. The van der Waals surface area contributed by atoms with Crippen molar-refractivity contribution in [2.24, 2.45) is 5.73 Å². The molecule has 0 radical (unpaired) electrons. The van der Waals surface area contributed by atoms with Gasteiger partial charge >= 0.3 is 0 Å². The third kappa shape index (κ3) is 3.39. The molecule has 0 bridgehead atoms. The summed E-state index contributed by atoms with van der Waals surface area (Å²) in [6.45, 7) is 10.5. The van der Waals surface area contributed by atoms with Crippen molar-refractivity contribution < 1.29 is 0 Å². The lowest BCUT2D eigenvalue weighted by Crippen LogP contribution is -2.31. The van der Waals surface area contributed by atoms with Crippen LogP contribution in [0.4, 0.5) is 5.69 Å². The fourth-order valence-electron chi connectivity index (χ4n) is 2.13. The largest absolute Gasteiger partial charge is 0.369 e. The fraction of sp³-hybridized carbons (Fsp3) is 0.571. The summed E-state index contributed by atoms with van der Waals surface area (Å²) in [7, 11) is 0. The molecule has 0 aliphatic carbocycles. The maximum absolute atomic E-state index is 5.93. The van der Waals surface area contributed by atoms with Crippen molar-refractivity contribution in [2.45, 2.75) is 45.2 Å². The van der Waals surface area contributed by atoms with E-state index in [0.717, 1.165) is 12.3 Å². The molecule has 0 aliphatic rings. The van der Waals surface area contributed by atoms with Gasteiger partial charge in [0.05, 0.1) is 0 Å². The van der Waals surface area contributed by atoms with Gasteiger partial charge in [0, 0.05) is 35.3 Å². The van der Waals surface area contributed by atoms with Gasteiger partial charge in [0.25, 0.3) is 0 Å². The highest BCUT2D eigenvalue weighted by Gasteiger charge is 2.14. The summed E-state index contributed by atoms with van der Waals surface area (Å²) in [5, 5.41) is 0. The predicted molar refractivity (Wildman–Crippen MR) is 78.9 cm³/mol. The fourth-order valence-corrected chi connectivity index (χ4v) is 2.98. The highest BCUT2D eigenvalue weighted by molar-refractivity contribution is 7.99. The first-order valence-electron chi connectivity index (χ1n) is 6.37. The maximum atomic E-state index is 5.93. The van der Waals surface area contributed by atoms with E-state index in [-0.39, 0.29) is 0 Å². The third-order valence-electron chi connectivity index (χ3n) is 2.89. The molecule has 3 heteroatoms. The number of anilines is 1. The molecule has 96 valence electrons. The van der Waals surface area contributed by atoms with E-state index in [0.29, 0.717) is 12.6 Å². The zero-order valence-corrected chi connectivity index (χ0v) is 12.2. The van der Waals surface area contributed by atoms with Crippen molar-refractivity contribution in [3.8, 4) is 0 Å². The van der Waals surface area contributed by atoms with Gasteiger partial charge in [-0.05, 0) is 38.7 Å². The molecular formula is C14H24N2S. The molecule has 0 amide bonds. The molecule has 1 aromatic carbocycles. The highest BCUT2D eigenvalue weighted by atomic mass is 32.2. The van der Waals surface area contributed by atoms with Gasteiger partial charge in [0.1, 0.15) is 0 Å². The molecule has 0 unspecified atom stereocenters. The van der Waals surface area contributed by atoms with Crippen LogP contribution in [0.3, 0.4) is 0 Å². The van der Waals surface area contributed by atoms with Crippen molar-refractivity contribution in [3.63, 3.8) is 0 Å². The molecule has 0 aromatic heterocycles. The first-order valence-corrected chi connectivity index (χ1v) is 7.35. The summed E-state index contributed by atoms with van der Waals surface area (Å²) < 4.78 is 0. The number of hydrogen-bond acceptors (Lipinski definition) is 3. The van der Waals surface area contributed by atoms with Crippen LogP contribution in [0.2, 0.25) is 0 Å². The average molecular weight is 252 g/mol. The van der Waals surface area contributed by atoms with E-state index in [4.69, 9.17) is 5.73 Å². The lowest BCUT2D eigenvalue weighted by molar-refractivity contribution is 0.697. The molecule has 0 fully saturated rings. The van der Waals surface area contributed by atoms with Crippen molar-refractivity contribution >= 4 is 17.4 Å². The Hall–Kier alpha value is -0.670. The minimum Gasteiger partial charge on any atom is -0.369 e. The molecule has 17 heavy (non-hydrogen) atoms. The Labute approximate surface area is 110 Å². The lowest BCUT2D eigenvalue weighted by atomic mass is 10.1. The summed E-state index contributed by atoms with van der Waals surface area (Å²) in [6, 6.07) is 7.00. The maximum Gasteiger partial charge on any atom is 0.0425 e. The van der Waals surface area contributed by atoms with Crippen LogP contribution in [0.1, 0.15) is 33.3 Å². The molecule has 0 atom stereocenters. The standard InChI is InChI=1S/C14H24N2S/c1-5-16(11(3)4)13-8-7-9-14(17-6-2)12(13)10-15/h7-9,11H,5-6,10,15H2,1-4H3. The van der Waals surface area contributed by atoms with Gasteiger partial charge in [-0.15, -0.1) is 11.8 Å². The van der Waals surface area contributed by atoms with Crippen LogP contribution >= 0.6 is 11.8 Å². The predicted octanol–water partition coefficient (Wildman–Crippen LogP) is 3.49. The van der Waals surface area contributed by atoms with Crippen molar-refractivity contribution in [1.29, 1.82) is 0 Å². The third-order valence-corrected chi connectivity index (χ3v) is 3.87. The Bertz CT molecular complexity index is 350. The summed E-state index contributed by atoms with van der Waals surface area (Å²) >= 11 is 1.87. The Morgan fingerprint density at radius 1 is 1.29 bits per heavy atom. The van der Waals surface area contributed by atoms with Gasteiger partial charge < -0.3 is 10.6 Å². The first-order chi connectivity index (χ1) is 8.15.